The van der Waals surface area contributed by atoms with Crippen molar-refractivity contribution in [2.24, 2.45) is 0 Å². The van der Waals surface area contributed by atoms with Crippen molar-refractivity contribution in [2.75, 3.05) is 5.75 Å². The number of hydrogen-bond donors (Lipinski definition) is 1. The standard InChI is InChI=1S/C9H11BOS/c10-9-6-2-1-5-12-8(6)4-3-7(9)11/h3-4,11H,1-2,5,10H2. The Bertz CT molecular complexity index is 312. The van der Waals surface area contributed by atoms with E-state index in [-0.39, 0.29) is 0 Å². The first kappa shape index (κ1) is 8.05. The Morgan fingerprint density at radius 2 is 2.25 bits per heavy atom. The van der Waals surface area contributed by atoms with Crippen LogP contribution in [0.4, 0.5) is 0 Å². The van der Waals surface area contributed by atoms with Crippen LogP contribution in [0.5, 0.6) is 5.75 Å². The van der Waals surface area contributed by atoms with Gasteiger partial charge >= 0.3 is 0 Å². The van der Waals surface area contributed by atoms with E-state index in [1.165, 1.54) is 22.6 Å². The van der Waals surface area contributed by atoms with Crippen molar-refractivity contribution in [3.8, 4) is 5.75 Å². The highest BCUT2D eigenvalue weighted by Gasteiger charge is 2.13. The fourth-order valence-corrected chi connectivity index (χ4v) is 2.70. The Balaban J connectivity index is 2.54. The molecule has 0 spiro atoms. The van der Waals surface area contributed by atoms with Crippen LogP contribution >= 0.6 is 11.8 Å². The number of phenols is 1. The molecule has 12 heavy (non-hydrogen) atoms. The normalized spacial score (nSPS) is 15.7. The summed E-state index contributed by atoms with van der Waals surface area (Å²) in [6.45, 7) is 0. The number of thioether (sulfide) groups is 1. The summed E-state index contributed by atoms with van der Waals surface area (Å²) in [5.74, 6) is 1.66. The van der Waals surface area contributed by atoms with E-state index in [9.17, 15) is 5.11 Å². The summed E-state index contributed by atoms with van der Waals surface area (Å²) in [6, 6.07) is 3.83. The zero-order valence-corrected chi connectivity index (χ0v) is 7.95. The van der Waals surface area contributed by atoms with Crippen molar-refractivity contribution in [3.05, 3.63) is 17.7 Å². The number of fused-ring (bicyclic) bond motifs is 1. The third kappa shape index (κ3) is 1.22. The fourth-order valence-electron chi connectivity index (χ4n) is 1.60. The number of benzene rings is 1. The molecule has 0 saturated carbocycles. The summed E-state index contributed by atoms with van der Waals surface area (Å²) >= 11 is 1.90. The predicted molar refractivity (Wildman–Crippen MR) is 55.3 cm³/mol. The third-order valence-electron chi connectivity index (χ3n) is 2.36. The molecule has 0 radical (unpaired) electrons. The Labute approximate surface area is 77.6 Å². The average molecular weight is 178 g/mol. The molecule has 0 bridgehead atoms. The van der Waals surface area contributed by atoms with Crippen LogP contribution in [0.1, 0.15) is 12.0 Å². The zero-order valence-electron chi connectivity index (χ0n) is 7.13. The van der Waals surface area contributed by atoms with E-state index in [1.54, 1.807) is 6.07 Å². The van der Waals surface area contributed by atoms with Crippen LogP contribution < -0.4 is 5.46 Å². The predicted octanol–water partition coefficient (Wildman–Crippen LogP) is 0.689. The van der Waals surface area contributed by atoms with Gasteiger partial charge in [0.1, 0.15) is 13.6 Å². The van der Waals surface area contributed by atoms with E-state index in [1.807, 2.05) is 25.7 Å². The monoisotopic (exact) mass is 178 g/mol. The minimum Gasteiger partial charge on any atom is -0.509 e. The van der Waals surface area contributed by atoms with E-state index in [0.29, 0.717) is 5.75 Å². The highest BCUT2D eigenvalue weighted by atomic mass is 32.2. The summed E-state index contributed by atoms with van der Waals surface area (Å²) in [5, 5.41) is 9.47. The lowest BCUT2D eigenvalue weighted by molar-refractivity contribution is 0.478. The van der Waals surface area contributed by atoms with Crippen LogP contribution in [0.3, 0.4) is 0 Å². The molecular formula is C9H11BOS. The van der Waals surface area contributed by atoms with Crippen molar-refractivity contribution in [2.45, 2.75) is 17.7 Å². The lowest BCUT2D eigenvalue weighted by Crippen LogP contribution is -2.15. The first-order valence-corrected chi connectivity index (χ1v) is 5.22. The van der Waals surface area contributed by atoms with Gasteiger partial charge in [-0.1, -0.05) is 0 Å². The van der Waals surface area contributed by atoms with E-state index >= 15 is 0 Å². The van der Waals surface area contributed by atoms with E-state index in [4.69, 9.17) is 0 Å². The van der Waals surface area contributed by atoms with Gasteiger partial charge in [-0.2, -0.15) is 0 Å². The SMILES string of the molecule is Bc1c(O)ccc2c1CCCS2. The Morgan fingerprint density at radius 1 is 1.42 bits per heavy atom. The number of rotatable bonds is 0. The third-order valence-corrected chi connectivity index (χ3v) is 3.54. The van der Waals surface area contributed by atoms with Gasteiger partial charge in [0.25, 0.3) is 0 Å². The van der Waals surface area contributed by atoms with Crippen molar-refractivity contribution < 1.29 is 5.11 Å². The molecule has 62 valence electrons. The number of aromatic hydroxyl groups is 1. The second kappa shape index (κ2) is 3.06. The Hall–Kier alpha value is -0.565. The number of hydrogen-bond acceptors (Lipinski definition) is 2. The lowest BCUT2D eigenvalue weighted by atomic mass is 9.87. The molecule has 0 saturated heterocycles. The van der Waals surface area contributed by atoms with E-state index < -0.39 is 0 Å². The molecule has 0 aliphatic carbocycles. The highest BCUT2D eigenvalue weighted by molar-refractivity contribution is 7.99. The number of phenolic OH excluding ortho intramolecular Hbond substituents is 1. The fraction of sp³-hybridized carbons (Fsp3) is 0.333. The Kier molecular flexibility index (Phi) is 2.05. The summed E-state index contributed by atoms with van der Waals surface area (Å²) in [7, 11) is 2.00. The van der Waals surface area contributed by atoms with E-state index in [0.717, 1.165) is 11.9 Å². The van der Waals surface area contributed by atoms with Gasteiger partial charge in [0, 0.05) is 4.90 Å². The first-order chi connectivity index (χ1) is 5.79. The molecule has 0 atom stereocenters. The van der Waals surface area contributed by atoms with Crippen LogP contribution in [0.25, 0.3) is 0 Å². The van der Waals surface area contributed by atoms with Gasteiger partial charge < -0.3 is 5.11 Å². The smallest absolute Gasteiger partial charge is 0.144 e. The maximum atomic E-state index is 9.47. The highest BCUT2D eigenvalue weighted by Crippen LogP contribution is 2.30. The zero-order chi connectivity index (χ0) is 8.55. The lowest BCUT2D eigenvalue weighted by Gasteiger charge is -2.17. The van der Waals surface area contributed by atoms with Crippen molar-refractivity contribution in [1.29, 1.82) is 0 Å². The van der Waals surface area contributed by atoms with Crippen molar-refractivity contribution in [3.63, 3.8) is 0 Å². The topological polar surface area (TPSA) is 20.2 Å². The first-order valence-electron chi connectivity index (χ1n) is 4.23. The molecule has 1 aliphatic rings. The van der Waals surface area contributed by atoms with Crippen LogP contribution in [-0.4, -0.2) is 18.7 Å². The van der Waals surface area contributed by atoms with Gasteiger partial charge in [-0.05, 0) is 41.8 Å². The molecule has 1 nitrogen and oxygen atoms in total. The molecule has 1 N–H and O–H groups in total. The van der Waals surface area contributed by atoms with Crippen molar-refractivity contribution >= 4 is 25.1 Å². The molecule has 3 heteroatoms. The quantitative estimate of drug-likeness (QED) is 0.590. The van der Waals surface area contributed by atoms with Crippen molar-refractivity contribution in [1.82, 2.24) is 0 Å². The van der Waals surface area contributed by atoms with Gasteiger partial charge in [-0.15, -0.1) is 11.8 Å². The molecule has 1 aromatic rings. The second-order valence-electron chi connectivity index (χ2n) is 3.14. The van der Waals surface area contributed by atoms with Gasteiger partial charge in [0.15, 0.2) is 0 Å². The van der Waals surface area contributed by atoms with Gasteiger partial charge in [0.05, 0.1) is 0 Å². The molecule has 0 amide bonds. The summed E-state index contributed by atoms with van der Waals surface area (Å²) in [6.07, 6.45) is 2.37. The maximum absolute atomic E-state index is 9.47. The largest absolute Gasteiger partial charge is 0.509 e. The minimum atomic E-state index is 0.441. The Morgan fingerprint density at radius 3 is 3.08 bits per heavy atom. The molecule has 1 heterocycles. The molecular weight excluding hydrogens is 167 g/mol. The average Bonchev–Trinajstić information content (AvgIpc) is 2.12. The molecule has 1 aliphatic heterocycles. The van der Waals surface area contributed by atoms with Crippen LogP contribution in [-0.2, 0) is 6.42 Å². The van der Waals surface area contributed by atoms with Crippen LogP contribution in [0, 0.1) is 0 Å². The summed E-state index contributed by atoms with van der Waals surface area (Å²) in [5.41, 5.74) is 2.42. The van der Waals surface area contributed by atoms with E-state index in [2.05, 4.69) is 0 Å². The minimum absolute atomic E-state index is 0.441. The summed E-state index contributed by atoms with van der Waals surface area (Å²) in [4.78, 5) is 1.36. The molecule has 0 unspecified atom stereocenters. The van der Waals surface area contributed by atoms with Gasteiger partial charge in [0.2, 0.25) is 0 Å². The van der Waals surface area contributed by atoms with Gasteiger partial charge in [-0.25, -0.2) is 0 Å². The molecule has 0 fully saturated rings. The molecule has 0 aromatic heterocycles. The van der Waals surface area contributed by atoms with Crippen LogP contribution in [0.15, 0.2) is 17.0 Å². The summed E-state index contributed by atoms with van der Waals surface area (Å²) < 4.78 is 0. The van der Waals surface area contributed by atoms with Crippen LogP contribution in [0.2, 0.25) is 0 Å². The molecule has 1 aromatic carbocycles. The second-order valence-corrected chi connectivity index (χ2v) is 4.28. The maximum Gasteiger partial charge on any atom is 0.144 e. The molecule has 2 rings (SSSR count). The van der Waals surface area contributed by atoms with Gasteiger partial charge in [-0.3, -0.25) is 0 Å².